The Morgan fingerprint density at radius 2 is 0.957 bits per heavy atom. The number of aromatic amines is 4. The van der Waals surface area contributed by atoms with Crippen molar-refractivity contribution in [2.45, 2.75) is 0 Å². The van der Waals surface area contributed by atoms with Crippen LogP contribution in [-0.2, 0) is 0 Å². The van der Waals surface area contributed by atoms with Gasteiger partial charge in [-0.25, -0.2) is 0 Å². The molecule has 2 rings (SSSR count). The van der Waals surface area contributed by atoms with Crippen molar-refractivity contribution in [1.82, 2.24) is 19.9 Å². The molecule has 2 aromatic rings. The summed E-state index contributed by atoms with van der Waals surface area (Å²) in [6.07, 6.45) is 0. The van der Waals surface area contributed by atoms with Crippen LogP contribution in [0.2, 0.25) is 0 Å². The van der Waals surface area contributed by atoms with Crippen molar-refractivity contribution < 1.29 is 32.1 Å². The molecule has 2 aromatic heterocycles. The van der Waals surface area contributed by atoms with Crippen LogP contribution in [0.1, 0.15) is 0 Å². The van der Waals surface area contributed by atoms with Gasteiger partial charge in [-0.05, 0) is 36.2 Å². The number of hydrogen-bond acceptors (Lipinski definition) is 6. The fraction of sp³-hybridized carbons (Fsp3) is 0. The average Bonchev–Trinajstić information content (AvgIpc) is 2.12. The molecule has 0 amide bonds. The summed E-state index contributed by atoms with van der Waals surface area (Å²) in [7, 11) is 0. The number of H-pyrrole nitrogens is 4. The molecular weight excluding hydrogens is 384 g/mol. The summed E-state index contributed by atoms with van der Waals surface area (Å²) < 4.78 is 0.125. The molecule has 0 saturated carbocycles. The van der Waals surface area contributed by atoms with Crippen molar-refractivity contribution in [2.75, 3.05) is 0 Å². The molecule has 128 valence electrons. The Morgan fingerprint density at radius 3 is 1.13 bits per heavy atom. The predicted octanol–water partition coefficient (Wildman–Crippen LogP) is -4.67. The van der Waals surface area contributed by atoms with E-state index in [1.165, 1.54) is 0 Å². The third-order valence-corrected chi connectivity index (χ3v) is 1.88. The first kappa shape index (κ1) is 33.5. The summed E-state index contributed by atoms with van der Waals surface area (Å²) >= 11 is 8.95. The van der Waals surface area contributed by atoms with Crippen molar-refractivity contribution in [3.05, 3.63) is 42.4 Å². The van der Waals surface area contributed by atoms with E-state index >= 15 is 0 Å². The Morgan fingerprint density at radius 1 is 0.696 bits per heavy atom. The van der Waals surface area contributed by atoms with Crippen molar-refractivity contribution in [3.63, 3.8) is 0 Å². The summed E-state index contributed by atoms with van der Waals surface area (Å²) in [6.45, 7) is 0. The van der Waals surface area contributed by atoms with E-state index in [2.05, 4.69) is 44.4 Å². The molecule has 0 aliphatic heterocycles. The Kier molecular flexibility index (Phi) is 23.0. The van der Waals surface area contributed by atoms with Gasteiger partial charge in [-0.1, -0.05) is 0 Å². The van der Waals surface area contributed by atoms with Crippen LogP contribution in [0.4, 0.5) is 0 Å². The zero-order chi connectivity index (χ0) is 13.7. The molecule has 0 unspecified atom stereocenters. The SMILES string of the molecule is O.O.O.O.O=c1cc([O-])[nH]c(=S)[nH]1.O=c1cc([O-])[nH]c(=S)[nH]1.[Ca+2]. The van der Waals surface area contributed by atoms with Gasteiger partial charge in [0.25, 0.3) is 11.1 Å². The van der Waals surface area contributed by atoms with E-state index < -0.39 is 22.9 Å². The standard InChI is InChI=1S/2C4H4N2O2S.Ca.4H2O/c2*7-2-1-3(8)6-4(9)5-2;;;;;/h2*1H,(H3,5,6,7,8,9);;4*1H2/q;;+2;;;;/p-2. The van der Waals surface area contributed by atoms with Gasteiger partial charge in [0, 0.05) is 12.1 Å². The molecule has 2 heterocycles. The molecule has 12 nitrogen and oxygen atoms in total. The molecule has 0 aliphatic rings. The zero-order valence-electron chi connectivity index (χ0n) is 11.3. The molecule has 0 radical (unpaired) electrons. The Bertz CT molecular complexity index is 648. The van der Waals surface area contributed by atoms with E-state index in [1.807, 2.05) is 0 Å². The maximum absolute atomic E-state index is 10.4. The third-order valence-electron chi connectivity index (χ3n) is 1.47. The van der Waals surface area contributed by atoms with Crippen LogP contribution in [0.25, 0.3) is 0 Å². The molecular formula is C8H14CaN4O8S2. The fourth-order valence-corrected chi connectivity index (χ4v) is 1.29. The first-order chi connectivity index (χ1) is 8.36. The summed E-state index contributed by atoms with van der Waals surface area (Å²) in [5, 5.41) is 20.7. The largest absolute Gasteiger partial charge is 2.00 e. The van der Waals surface area contributed by atoms with Gasteiger partial charge in [-0.3, -0.25) is 19.6 Å². The Labute approximate surface area is 167 Å². The quantitative estimate of drug-likeness (QED) is 0.250. The monoisotopic (exact) mass is 398 g/mol. The number of nitrogens with one attached hydrogen (secondary N) is 4. The van der Waals surface area contributed by atoms with Gasteiger partial charge in [-0.15, -0.1) is 0 Å². The Hall–Kier alpha value is -1.10. The molecule has 0 bridgehead atoms. The Balaban J connectivity index is -0.0000000771. The molecule has 0 spiro atoms. The van der Waals surface area contributed by atoms with Gasteiger partial charge in [0.15, 0.2) is 9.54 Å². The molecule has 12 N–H and O–H groups in total. The number of aromatic nitrogens is 4. The van der Waals surface area contributed by atoms with Gasteiger partial charge in [-0.2, -0.15) is 0 Å². The van der Waals surface area contributed by atoms with E-state index in [4.69, 9.17) is 0 Å². The van der Waals surface area contributed by atoms with Crippen LogP contribution in [-0.4, -0.2) is 79.6 Å². The minimum absolute atomic E-state index is 0. The van der Waals surface area contributed by atoms with Crippen LogP contribution >= 0.6 is 24.4 Å². The third kappa shape index (κ3) is 14.2. The molecule has 23 heavy (non-hydrogen) atoms. The summed E-state index contributed by atoms with van der Waals surface area (Å²) in [5.74, 6) is -0.937. The smallest absolute Gasteiger partial charge is 0.860 e. The first-order valence-corrected chi connectivity index (χ1v) is 5.20. The number of hydrogen-bond donors (Lipinski definition) is 4. The maximum Gasteiger partial charge on any atom is 2.00 e. The summed E-state index contributed by atoms with van der Waals surface area (Å²) in [4.78, 5) is 29.6. The topological polar surface area (TPSA) is 269 Å². The van der Waals surface area contributed by atoms with E-state index in [1.54, 1.807) is 0 Å². The second-order valence-electron chi connectivity index (χ2n) is 2.90. The second-order valence-corrected chi connectivity index (χ2v) is 3.72. The molecule has 0 fully saturated rings. The van der Waals surface area contributed by atoms with Crippen molar-refractivity contribution in [2.24, 2.45) is 0 Å². The van der Waals surface area contributed by atoms with Crippen molar-refractivity contribution in [1.29, 1.82) is 0 Å². The van der Waals surface area contributed by atoms with Crippen LogP contribution in [0, 0.1) is 9.54 Å². The van der Waals surface area contributed by atoms with E-state index in [-0.39, 0.29) is 69.2 Å². The van der Waals surface area contributed by atoms with E-state index in [9.17, 15) is 19.8 Å². The van der Waals surface area contributed by atoms with Gasteiger partial charge in [0.05, 0.1) is 0 Å². The second kappa shape index (κ2) is 15.8. The van der Waals surface area contributed by atoms with Gasteiger partial charge < -0.3 is 42.1 Å². The number of rotatable bonds is 0. The molecule has 15 heteroatoms. The minimum Gasteiger partial charge on any atom is -0.860 e. The van der Waals surface area contributed by atoms with Gasteiger partial charge >= 0.3 is 37.7 Å². The normalized spacial score (nSPS) is 7.30. The van der Waals surface area contributed by atoms with E-state index in [0.717, 1.165) is 12.1 Å². The summed E-state index contributed by atoms with van der Waals surface area (Å²) in [5.41, 5.74) is -0.937. The zero-order valence-corrected chi connectivity index (χ0v) is 15.2. The maximum atomic E-state index is 10.4. The fourth-order valence-electron chi connectivity index (χ4n) is 0.893. The van der Waals surface area contributed by atoms with Crippen LogP contribution in [0.5, 0.6) is 11.8 Å². The van der Waals surface area contributed by atoms with Gasteiger partial charge in [0.1, 0.15) is 0 Å². The molecule has 0 aromatic carbocycles. The van der Waals surface area contributed by atoms with Crippen molar-refractivity contribution in [3.8, 4) is 11.8 Å². The molecule has 0 aliphatic carbocycles. The average molecular weight is 398 g/mol. The summed E-state index contributed by atoms with van der Waals surface area (Å²) in [6, 6.07) is 1.80. The van der Waals surface area contributed by atoms with Crippen molar-refractivity contribution >= 4 is 62.2 Å². The van der Waals surface area contributed by atoms with Crippen LogP contribution < -0.4 is 21.3 Å². The van der Waals surface area contributed by atoms with Crippen LogP contribution in [0.15, 0.2) is 21.7 Å². The molecule has 0 saturated heterocycles. The van der Waals surface area contributed by atoms with Gasteiger partial charge in [0.2, 0.25) is 0 Å². The first-order valence-electron chi connectivity index (χ1n) is 4.38. The molecule has 0 atom stereocenters. The van der Waals surface area contributed by atoms with Crippen LogP contribution in [0.3, 0.4) is 0 Å². The van der Waals surface area contributed by atoms with E-state index in [0.29, 0.717) is 0 Å². The minimum atomic E-state index is -0.469. The predicted molar refractivity (Wildman–Crippen MR) is 83.6 cm³/mol.